The Bertz CT molecular complexity index is 235. The summed E-state index contributed by atoms with van der Waals surface area (Å²) in [6.07, 6.45) is 3.04. The van der Waals surface area contributed by atoms with Gasteiger partial charge in [-0.3, -0.25) is 4.98 Å². The highest BCUT2D eigenvalue weighted by Crippen LogP contribution is 1.97. The second-order valence-corrected chi connectivity index (χ2v) is 2.93. The minimum Gasteiger partial charge on any atom is -0.423 e. The Balaban J connectivity index is 0.000001000. The van der Waals surface area contributed by atoms with Gasteiger partial charge in [0.05, 0.1) is 0 Å². The molecule has 0 bridgehead atoms. The van der Waals surface area contributed by atoms with Gasteiger partial charge in [0.1, 0.15) is 0 Å². The van der Waals surface area contributed by atoms with Crippen molar-refractivity contribution in [2.45, 2.75) is 0 Å². The lowest BCUT2D eigenvalue weighted by Crippen LogP contribution is -2.32. The highest BCUT2D eigenvalue weighted by Gasteiger charge is 2.13. The zero-order valence-electron chi connectivity index (χ0n) is 5.44. The molecular formula is C5H6BClINO2. The summed E-state index contributed by atoms with van der Waals surface area (Å²) in [7, 11) is -1.42. The van der Waals surface area contributed by atoms with Crippen LogP contribution in [0.1, 0.15) is 0 Å². The summed E-state index contributed by atoms with van der Waals surface area (Å²) in [5, 5.41) is 17.4. The standard InChI is InChI=1S/C5H5BINO2.ClH/c7-5-1-2-8-3-4(5)6(9)10;/h1-3,9-10H;1H. The van der Waals surface area contributed by atoms with Gasteiger partial charge >= 0.3 is 7.12 Å². The first-order valence-corrected chi connectivity index (χ1v) is 3.75. The van der Waals surface area contributed by atoms with E-state index in [0.29, 0.717) is 5.46 Å². The number of aromatic nitrogens is 1. The van der Waals surface area contributed by atoms with Crippen molar-refractivity contribution in [1.82, 2.24) is 4.98 Å². The SMILES string of the molecule is Cl.OB(O)c1cnccc1I. The molecule has 6 heteroatoms. The highest BCUT2D eigenvalue weighted by molar-refractivity contribution is 14.1. The summed E-state index contributed by atoms with van der Waals surface area (Å²) in [5.74, 6) is 0. The monoisotopic (exact) mass is 285 g/mol. The summed E-state index contributed by atoms with van der Waals surface area (Å²) < 4.78 is 0.808. The second kappa shape index (κ2) is 4.92. The van der Waals surface area contributed by atoms with Crippen molar-refractivity contribution in [1.29, 1.82) is 0 Å². The van der Waals surface area contributed by atoms with Crippen LogP contribution >= 0.6 is 35.0 Å². The van der Waals surface area contributed by atoms with E-state index in [2.05, 4.69) is 4.98 Å². The fourth-order valence-corrected chi connectivity index (χ4v) is 1.16. The van der Waals surface area contributed by atoms with Crippen molar-refractivity contribution in [3.63, 3.8) is 0 Å². The van der Waals surface area contributed by atoms with Crippen LogP contribution in [0, 0.1) is 3.57 Å². The quantitative estimate of drug-likeness (QED) is 0.554. The normalized spacial score (nSPS) is 8.64. The van der Waals surface area contributed by atoms with E-state index < -0.39 is 7.12 Å². The molecule has 1 rings (SSSR count). The summed E-state index contributed by atoms with van der Waals surface area (Å²) in [4.78, 5) is 3.74. The number of rotatable bonds is 1. The summed E-state index contributed by atoms with van der Waals surface area (Å²) in [6.45, 7) is 0. The average Bonchev–Trinajstić information content (AvgIpc) is 1.88. The molecule has 0 amide bonds. The Morgan fingerprint density at radius 3 is 2.45 bits per heavy atom. The lowest BCUT2D eigenvalue weighted by molar-refractivity contribution is 0.425. The molecule has 3 nitrogen and oxygen atoms in total. The zero-order valence-corrected chi connectivity index (χ0v) is 8.41. The number of pyridine rings is 1. The number of nitrogens with zero attached hydrogens (tertiary/aromatic N) is 1. The van der Waals surface area contributed by atoms with E-state index in [1.807, 2.05) is 22.6 Å². The molecule has 0 fully saturated rings. The Morgan fingerprint density at radius 2 is 2.09 bits per heavy atom. The van der Waals surface area contributed by atoms with Crippen molar-refractivity contribution >= 4 is 47.6 Å². The van der Waals surface area contributed by atoms with Crippen LogP contribution in [0.4, 0.5) is 0 Å². The summed E-state index contributed by atoms with van der Waals surface area (Å²) >= 11 is 2.02. The van der Waals surface area contributed by atoms with Crippen molar-refractivity contribution < 1.29 is 10.0 Å². The molecule has 60 valence electrons. The topological polar surface area (TPSA) is 53.4 Å². The molecule has 0 aliphatic heterocycles. The molecule has 0 aromatic carbocycles. The number of halogens is 2. The predicted molar refractivity (Wildman–Crippen MR) is 54.0 cm³/mol. The molecule has 1 aromatic heterocycles. The Hall–Kier alpha value is 0.155. The van der Waals surface area contributed by atoms with Gasteiger partial charge in [0, 0.05) is 21.4 Å². The van der Waals surface area contributed by atoms with E-state index in [1.165, 1.54) is 6.20 Å². The third-order valence-electron chi connectivity index (χ3n) is 1.07. The van der Waals surface area contributed by atoms with Crippen LogP contribution < -0.4 is 5.46 Å². The fourth-order valence-electron chi connectivity index (χ4n) is 0.580. The van der Waals surface area contributed by atoms with Crippen molar-refractivity contribution in [3.8, 4) is 0 Å². The molecule has 0 aliphatic rings. The third kappa shape index (κ3) is 2.94. The molecule has 0 aliphatic carbocycles. The lowest BCUT2D eigenvalue weighted by atomic mass is 9.82. The van der Waals surface area contributed by atoms with Gasteiger partial charge in [0.25, 0.3) is 0 Å². The largest absolute Gasteiger partial charge is 0.491 e. The maximum absolute atomic E-state index is 8.72. The zero-order chi connectivity index (χ0) is 7.56. The van der Waals surface area contributed by atoms with Crippen LogP contribution in [0.2, 0.25) is 0 Å². The smallest absolute Gasteiger partial charge is 0.423 e. The van der Waals surface area contributed by atoms with Crippen LogP contribution in [0.25, 0.3) is 0 Å². The molecule has 0 radical (unpaired) electrons. The molecule has 0 spiro atoms. The number of hydrogen-bond acceptors (Lipinski definition) is 3. The lowest BCUT2D eigenvalue weighted by Gasteiger charge is -1.99. The van der Waals surface area contributed by atoms with E-state index in [1.54, 1.807) is 12.3 Å². The molecule has 0 atom stereocenters. The van der Waals surface area contributed by atoms with E-state index in [-0.39, 0.29) is 12.4 Å². The van der Waals surface area contributed by atoms with Gasteiger partial charge in [0.15, 0.2) is 0 Å². The third-order valence-corrected chi connectivity index (χ3v) is 2.06. The van der Waals surface area contributed by atoms with Crippen LogP contribution in [-0.2, 0) is 0 Å². The first-order chi connectivity index (χ1) is 4.72. The molecule has 0 unspecified atom stereocenters. The minimum absolute atomic E-state index is 0. The molecule has 2 N–H and O–H groups in total. The van der Waals surface area contributed by atoms with E-state index in [4.69, 9.17) is 10.0 Å². The van der Waals surface area contributed by atoms with E-state index in [0.717, 1.165) is 3.57 Å². The van der Waals surface area contributed by atoms with E-state index in [9.17, 15) is 0 Å². The molecular weight excluding hydrogens is 279 g/mol. The fraction of sp³-hybridized carbons (Fsp3) is 0. The van der Waals surface area contributed by atoms with Crippen molar-refractivity contribution in [2.75, 3.05) is 0 Å². The maximum Gasteiger partial charge on any atom is 0.491 e. The second-order valence-electron chi connectivity index (χ2n) is 1.77. The molecule has 1 heterocycles. The van der Waals surface area contributed by atoms with Gasteiger partial charge in [-0.05, 0) is 28.7 Å². The molecule has 0 saturated heterocycles. The van der Waals surface area contributed by atoms with Gasteiger partial charge in [-0.15, -0.1) is 12.4 Å². The maximum atomic E-state index is 8.72. The van der Waals surface area contributed by atoms with Crippen LogP contribution in [-0.4, -0.2) is 22.2 Å². The first kappa shape index (κ1) is 11.2. The Labute approximate surface area is 84.5 Å². The highest BCUT2D eigenvalue weighted by atomic mass is 127. The average molecular weight is 285 g/mol. The van der Waals surface area contributed by atoms with Crippen molar-refractivity contribution in [2.24, 2.45) is 0 Å². The first-order valence-electron chi connectivity index (χ1n) is 2.67. The van der Waals surface area contributed by atoms with Gasteiger partial charge in [-0.2, -0.15) is 0 Å². The summed E-state index contributed by atoms with van der Waals surface area (Å²) in [6, 6.07) is 1.72. The van der Waals surface area contributed by atoms with E-state index >= 15 is 0 Å². The predicted octanol–water partition coefficient (Wildman–Crippen LogP) is -0.212. The Kier molecular flexibility index (Phi) is 4.99. The van der Waals surface area contributed by atoms with Gasteiger partial charge in [-0.1, -0.05) is 0 Å². The minimum atomic E-state index is -1.42. The van der Waals surface area contributed by atoms with Gasteiger partial charge in [-0.25, -0.2) is 0 Å². The number of hydrogen-bond donors (Lipinski definition) is 2. The van der Waals surface area contributed by atoms with Crippen LogP contribution in [0.3, 0.4) is 0 Å². The Morgan fingerprint density at radius 1 is 1.45 bits per heavy atom. The van der Waals surface area contributed by atoms with Gasteiger partial charge in [0.2, 0.25) is 0 Å². The van der Waals surface area contributed by atoms with Crippen LogP contribution in [0.15, 0.2) is 18.5 Å². The van der Waals surface area contributed by atoms with Gasteiger partial charge < -0.3 is 10.0 Å². The summed E-state index contributed by atoms with van der Waals surface area (Å²) in [5.41, 5.74) is 0.447. The molecule has 11 heavy (non-hydrogen) atoms. The van der Waals surface area contributed by atoms with Crippen molar-refractivity contribution in [3.05, 3.63) is 22.0 Å². The van der Waals surface area contributed by atoms with Crippen LogP contribution in [0.5, 0.6) is 0 Å². The molecule has 1 aromatic rings. The molecule has 0 saturated carbocycles.